The molecule has 7 heteroatoms. The van der Waals surface area contributed by atoms with Gasteiger partial charge >= 0.3 is 5.97 Å². The van der Waals surface area contributed by atoms with Gasteiger partial charge in [-0.3, -0.25) is 9.59 Å². The highest BCUT2D eigenvalue weighted by Crippen LogP contribution is 2.21. The Hall–Kier alpha value is -2.15. The Labute approximate surface area is 147 Å². The number of rotatable bonds is 5. The van der Waals surface area contributed by atoms with Crippen LogP contribution in [0, 0.1) is 5.92 Å². The third-order valence-corrected chi connectivity index (χ3v) is 4.49. The van der Waals surface area contributed by atoms with Gasteiger partial charge in [0.1, 0.15) is 6.10 Å². The third-order valence-electron chi connectivity index (χ3n) is 4.49. The van der Waals surface area contributed by atoms with Crippen LogP contribution in [0.2, 0.25) is 0 Å². The van der Waals surface area contributed by atoms with Crippen molar-refractivity contribution in [2.24, 2.45) is 5.92 Å². The van der Waals surface area contributed by atoms with Gasteiger partial charge in [-0.1, -0.05) is 0 Å². The molecule has 136 valence electrons. The fourth-order valence-corrected chi connectivity index (χ4v) is 3.18. The average Bonchev–Trinajstić information content (AvgIpc) is 3.14. The van der Waals surface area contributed by atoms with Crippen LogP contribution in [0.3, 0.4) is 0 Å². The highest BCUT2D eigenvalue weighted by molar-refractivity contribution is 5.94. The van der Waals surface area contributed by atoms with E-state index in [-0.39, 0.29) is 23.9 Å². The van der Waals surface area contributed by atoms with E-state index in [4.69, 9.17) is 14.2 Å². The van der Waals surface area contributed by atoms with Crippen molar-refractivity contribution in [3.05, 3.63) is 23.9 Å². The maximum absolute atomic E-state index is 12.8. The van der Waals surface area contributed by atoms with Crippen LogP contribution < -0.4 is 4.74 Å². The summed E-state index contributed by atoms with van der Waals surface area (Å²) in [5.74, 6) is -0.143. The molecule has 2 aliphatic rings. The van der Waals surface area contributed by atoms with Gasteiger partial charge in [0.25, 0.3) is 5.91 Å². The summed E-state index contributed by atoms with van der Waals surface area (Å²) in [6.07, 6.45) is 3.94. The number of aromatic nitrogens is 1. The van der Waals surface area contributed by atoms with E-state index >= 15 is 0 Å². The van der Waals surface area contributed by atoms with Crippen LogP contribution in [0.25, 0.3) is 0 Å². The minimum absolute atomic E-state index is 0.0129. The number of carbonyl (C=O) groups is 2. The molecule has 0 bridgehead atoms. The number of likely N-dealkylation sites (tertiary alicyclic amines) is 1. The molecule has 0 radical (unpaired) electrons. The Morgan fingerprint density at radius 1 is 1.40 bits per heavy atom. The van der Waals surface area contributed by atoms with Crippen molar-refractivity contribution in [3.8, 4) is 5.88 Å². The summed E-state index contributed by atoms with van der Waals surface area (Å²) in [5, 5.41) is 0. The van der Waals surface area contributed by atoms with Crippen LogP contribution in [0.4, 0.5) is 0 Å². The fraction of sp³-hybridized carbons (Fsp3) is 0.611. The lowest BCUT2D eigenvalue weighted by Gasteiger charge is -2.31. The Morgan fingerprint density at radius 2 is 2.28 bits per heavy atom. The van der Waals surface area contributed by atoms with Crippen LogP contribution in [0.1, 0.15) is 36.5 Å². The van der Waals surface area contributed by atoms with Gasteiger partial charge in [0.05, 0.1) is 25.7 Å². The SMILES string of the molecule is CCOC(=O)C1CCCN(C(=O)c2ccnc(OC3CCOC3)c2)C1. The molecule has 7 nitrogen and oxygen atoms in total. The molecule has 2 saturated heterocycles. The van der Waals surface area contributed by atoms with E-state index in [0.717, 1.165) is 19.3 Å². The van der Waals surface area contributed by atoms with Crippen LogP contribution in [-0.2, 0) is 14.3 Å². The molecule has 3 rings (SSSR count). The van der Waals surface area contributed by atoms with E-state index in [1.54, 1.807) is 30.2 Å². The van der Waals surface area contributed by atoms with E-state index in [0.29, 0.717) is 44.4 Å². The molecule has 25 heavy (non-hydrogen) atoms. The summed E-state index contributed by atoms with van der Waals surface area (Å²) in [6, 6.07) is 3.34. The van der Waals surface area contributed by atoms with Crippen LogP contribution in [-0.4, -0.2) is 60.8 Å². The maximum Gasteiger partial charge on any atom is 0.310 e. The average molecular weight is 348 g/mol. The topological polar surface area (TPSA) is 78.0 Å². The maximum atomic E-state index is 12.8. The van der Waals surface area contributed by atoms with Crippen molar-refractivity contribution in [1.82, 2.24) is 9.88 Å². The largest absolute Gasteiger partial charge is 0.472 e. The molecule has 2 atom stereocenters. The molecule has 0 aliphatic carbocycles. The summed E-state index contributed by atoms with van der Waals surface area (Å²) in [4.78, 5) is 30.6. The Balaban J connectivity index is 1.64. The first-order valence-corrected chi connectivity index (χ1v) is 8.83. The molecular formula is C18H24N2O5. The highest BCUT2D eigenvalue weighted by atomic mass is 16.5. The molecule has 0 saturated carbocycles. The van der Waals surface area contributed by atoms with Crippen molar-refractivity contribution in [2.75, 3.05) is 32.9 Å². The van der Waals surface area contributed by atoms with Gasteiger partial charge in [-0.05, 0) is 25.8 Å². The van der Waals surface area contributed by atoms with Crippen molar-refractivity contribution >= 4 is 11.9 Å². The number of carbonyl (C=O) groups excluding carboxylic acids is 2. The smallest absolute Gasteiger partial charge is 0.310 e. The van der Waals surface area contributed by atoms with E-state index in [1.165, 1.54) is 0 Å². The first-order chi connectivity index (χ1) is 12.2. The zero-order valence-corrected chi connectivity index (χ0v) is 14.5. The minimum Gasteiger partial charge on any atom is -0.472 e. The van der Waals surface area contributed by atoms with E-state index in [2.05, 4.69) is 4.98 Å². The van der Waals surface area contributed by atoms with E-state index < -0.39 is 0 Å². The zero-order chi connectivity index (χ0) is 17.6. The van der Waals surface area contributed by atoms with Crippen molar-refractivity contribution < 1.29 is 23.8 Å². The lowest BCUT2D eigenvalue weighted by Crippen LogP contribution is -2.42. The van der Waals surface area contributed by atoms with E-state index in [9.17, 15) is 9.59 Å². The van der Waals surface area contributed by atoms with Crippen molar-refractivity contribution in [2.45, 2.75) is 32.3 Å². The Kier molecular flexibility index (Phi) is 5.86. The molecule has 1 amide bonds. The lowest BCUT2D eigenvalue weighted by molar-refractivity contribution is -0.149. The molecular weight excluding hydrogens is 324 g/mol. The van der Waals surface area contributed by atoms with Crippen LogP contribution in [0.5, 0.6) is 5.88 Å². The Morgan fingerprint density at radius 3 is 3.04 bits per heavy atom. The Bertz CT molecular complexity index is 615. The zero-order valence-electron chi connectivity index (χ0n) is 14.5. The number of esters is 1. The summed E-state index contributed by atoms with van der Waals surface area (Å²) >= 11 is 0. The number of hydrogen-bond acceptors (Lipinski definition) is 6. The van der Waals surface area contributed by atoms with Gasteiger partial charge in [0.15, 0.2) is 0 Å². The summed E-state index contributed by atoms with van der Waals surface area (Å²) in [5.41, 5.74) is 0.522. The number of pyridine rings is 1. The normalized spacial score (nSPS) is 23.3. The quantitative estimate of drug-likeness (QED) is 0.753. The van der Waals surface area contributed by atoms with Gasteiger partial charge in [0.2, 0.25) is 5.88 Å². The number of amides is 1. The highest BCUT2D eigenvalue weighted by Gasteiger charge is 2.30. The second kappa shape index (κ2) is 8.29. The first-order valence-electron chi connectivity index (χ1n) is 8.83. The number of nitrogens with zero attached hydrogens (tertiary/aromatic N) is 2. The lowest BCUT2D eigenvalue weighted by atomic mass is 9.97. The van der Waals surface area contributed by atoms with Crippen LogP contribution >= 0.6 is 0 Å². The molecule has 0 spiro atoms. The second-order valence-electron chi connectivity index (χ2n) is 6.33. The molecule has 0 aromatic carbocycles. The monoisotopic (exact) mass is 348 g/mol. The molecule has 3 heterocycles. The van der Waals surface area contributed by atoms with Crippen molar-refractivity contribution in [1.29, 1.82) is 0 Å². The molecule has 2 aliphatic heterocycles. The predicted octanol–water partition coefficient (Wildman–Crippen LogP) is 1.66. The third kappa shape index (κ3) is 4.48. The molecule has 2 unspecified atom stereocenters. The van der Waals surface area contributed by atoms with Gasteiger partial charge in [-0.2, -0.15) is 0 Å². The molecule has 0 N–H and O–H groups in total. The first kappa shape index (κ1) is 17.7. The number of hydrogen-bond donors (Lipinski definition) is 0. The molecule has 1 aromatic heterocycles. The van der Waals surface area contributed by atoms with Crippen molar-refractivity contribution in [3.63, 3.8) is 0 Å². The summed E-state index contributed by atoms with van der Waals surface area (Å²) in [7, 11) is 0. The standard InChI is InChI=1S/C18H24N2O5/c1-2-24-18(22)14-4-3-8-20(11-14)17(21)13-5-7-19-16(10-13)25-15-6-9-23-12-15/h5,7,10,14-15H,2-4,6,8-9,11-12H2,1H3. The van der Waals surface area contributed by atoms with Crippen LogP contribution in [0.15, 0.2) is 18.3 Å². The molecule has 2 fully saturated rings. The van der Waals surface area contributed by atoms with Gasteiger partial charge in [-0.25, -0.2) is 4.98 Å². The minimum atomic E-state index is -0.245. The van der Waals surface area contributed by atoms with Gasteiger partial charge < -0.3 is 19.1 Å². The summed E-state index contributed by atoms with van der Waals surface area (Å²) < 4.78 is 16.1. The molecule has 1 aromatic rings. The van der Waals surface area contributed by atoms with E-state index in [1.807, 2.05) is 0 Å². The predicted molar refractivity (Wildman–Crippen MR) is 89.3 cm³/mol. The number of ether oxygens (including phenoxy) is 3. The van der Waals surface area contributed by atoms with Gasteiger partial charge in [-0.15, -0.1) is 0 Å². The van der Waals surface area contributed by atoms with Gasteiger partial charge in [0, 0.05) is 37.3 Å². The fourth-order valence-electron chi connectivity index (χ4n) is 3.18. The summed E-state index contributed by atoms with van der Waals surface area (Å²) in [6.45, 7) is 4.42. The number of piperidine rings is 1. The second-order valence-corrected chi connectivity index (χ2v) is 6.33.